The number of aromatic nitrogens is 2. The Labute approximate surface area is 117 Å². The summed E-state index contributed by atoms with van der Waals surface area (Å²) < 4.78 is 2.11. The Bertz CT molecular complexity index is 408. The minimum absolute atomic E-state index is 0.778. The van der Waals surface area contributed by atoms with E-state index in [-0.39, 0.29) is 0 Å². The lowest BCUT2D eigenvalue weighted by molar-refractivity contribution is 0.797. The number of rotatable bonds is 1. The Hall–Kier alpha value is -1.02. The SMILES string of the molecule is CC.CC.CC.CCn1cc(Cl)c2cnccc21. The molecule has 2 aromatic heterocycles. The lowest BCUT2D eigenvalue weighted by Gasteiger charge is -1.97. The molecule has 2 heterocycles. The van der Waals surface area contributed by atoms with Gasteiger partial charge in [-0.1, -0.05) is 53.1 Å². The van der Waals surface area contributed by atoms with Crippen molar-refractivity contribution in [3.05, 3.63) is 29.7 Å². The monoisotopic (exact) mass is 270 g/mol. The van der Waals surface area contributed by atoms with E-state index in [4.69, 9.17) is 11.6 Å². The first-order chi connectivity index (χ1) is 8.83. The van der Waals surface area contributed by atoms with Crippen LogP contribution in [0.3, 0.4) is 0 Å². The van der Waals surface area contributed by atoms with E-state index in [0.717, 1.165) is 22.5 Å². The van der Waals surface area contributed by atoms with Crippen molar-refractivity contribution in [2.75, 3.05) is 0 Å². The molecule has 0 saturated carbocycles. The predicted octanol–water partition coefficient (Wildman–Crippen LogP) is 5.79. The number of halogens is 1. The molecule has 0 radical (unpaired) electrons. The Morgan fingerprint density at radius 2 is 1.67 bits per heavy atom. The molecule has 0 amide bonds. The topological polar surface area (TPSA) is 17.8 Å². The van der Waals surface area contributed by atoms with E-state index in [9.17, 15) is 0 Å². The fourth-order valence-electron chi connectivity index (χ4n) is 1.36. The van der Waals surface area contributed by atoms with Crippen LogP contribution in [0.2, 0.25) is 5.02 Å². The molecule has 18 heavy (non-hydrogen) atoms. The van der Waals surface area contributed by atoms with E-state index >= 15 is 0 Å². The molecule has 2 nitrogen and oxygen atoms in total. The van der Waals surface area contributed by atoms with Gasteiger partial charge in [0, 0.05) is 30.5 Å². The van der Waals surface area contributed by atoms with Crippen molar-refractivity contribution < 1.29 is 0 Å². The van der Waals surface area contributed by atoms with E-state index in [2.05, 4.69) is 16.5 Å². The summed E-state index contributed by atoms with van der Waals surface area (Å²) in [6.45, 7) is 15.0. The third kappa shape index (κ3) is 5.09. The van der Waals surface area contributed by atoms with Gasteiger partial charge in [0.1, 0.15) is 0 Å². The Morgan fingerprint density at radius 1 is 1.11 bits per heavy atom. The third-order valence-electron chi connectivity index (χ3n) is 1.97. The molecule has 0 unspecified atom stereocenters. The molecule has 0 atom stereocenters. The van der Waals surface area contributed by atoms with Gasteiger partial charge in [-0.3, -0.25) is 4.98 Å². The highest BCUT2D eigenvalue weighted by atomic mass is 35.5. The van der Waals surface area contributed by atoms with Crippen LogP contribution in [-0.4, -0.2) is 9.55 Å². The molecule has 2 rings (SSSR count). The van der Waals surface area contributed by atoms with Crippen molar-refractivity contribution in [1.29, 1.82) is 0 Å². The van der Waals surface area contributed by atoms with Gasteiger partial charge in [-0.15, -0.1) is 0 Å². The molecular formula is C15H27ClN2. The van der Waals surface area contributed by atoms with Gasteiger partial charge in [0.05, 0.1) is 10.5 Å². The zero-order chi connectivity index (χ0) is 14.6. The summed E-state index contributed by atoms with van der Waals surface area (Å²) in [6, 6.07) is 1.98. The summed E-state index contributed by atoms with van der Waals surface area (Å²) in [5, 5.41) is 1.81. The van der Waals surface area contributed by atoms with Crippen LogP contribution in [0.5, 0.6) is 0 Å². The molecule has 0 spiro atoms. The highest BCUT2D eigenvalue weighted by molar-refractivity contribution is 6.35. The van der Waals surface area contributed by atoms with E-state index in [1.165, 1.54) is 0 Å². The lowest BCUT2D eigenvalue weighted by Crippen LogP contribution is -1.89. The maximum atomic E-state index is 6.00. The van der Waals surface area contributed by atoms with Crippen LogP contribution in [0.15, 0.2) is 24.7 Å². The van der Waals surface area contributed by atoms with Crippen LogP contribution in [0, 0.1) is 0 Å². The first-order valence-corrected chi connectivity index (χ1v) is 7.29. The van der Waals surface area contributed by atoms with Gasteiger partial charge in [-0.25, -0.2) is 0 Å². The molecule has 2 aromatic rings. The second-order valence-corrected chi connectivity index (χ2v) is 3.06. The number of nitrogens with zero attached hydrogens (tertiary/aromatic N) is 2. The Balaban J connectivity index is 0. The molecule has 0 saturated heterocycles. The van der Waals surface area contributed by atoms with E-state index in [1.54, 1.807) is 12.4 Å². The van der Waals surface area contributed by atoms with Gasteiger partial charge in [-0.2, -0.15) is 0 Å². The molecule has 0 aliphatic heterocycles. The van der Waals surface area contributed by atoms with Gasteiger partial charge in [0.15, 0.2) is 0 Å². The molecule has 0 N–H and O–H groups in total. The van der Waals surface area contributed by atoms with E-state index in [1.807, 2.05) is 53.8 Å². The van der Waals surface area contributed by atoms with Gasteiger partial charge in [-0.05, 0) is 13.0 Å². The standard InChI is InChI=1S/C9H9ClN2.3C2H6/c1-2-12-6-8(10)7-5-11-4-3-9(7)12;3*1-2/h3-6H,2H2,1H3;3*1-2H3. The van der Waals surface area contributed by atoms with Gasteiger partial charge < -0.3 is 4.57 Å². The van der Waals surface area contributed by atoms with Crippen LogP contribution in [-0.2, 0) is 6.54 Å². The highest BCUT2D eigenvalue weighted by Crippen LogP contribution is 2.24. The van der Waals surface area contributed by atoms with Crippen molar-refractivity contribution in [1.82, 2.24) is 9.55 Å². The van der Waals surface area contributed by atoms with Crippen molar-refractivity contribution in [2.24, 2.45) is 0 Å². The molecule has 0 aromatic carbocycles. The second kappa shape index (κ2) is 12.4. The summed E-state index contributed by atoms with van der Waals surface area (Å²) >= 11 is 6.00. The number of fused-ring (bicyclic) bond motifs is 1. The Morgan fingerprint density at radius 3 is 2.17 bits per heavy atom. The lowest BCUT2D eigenvalue weighted by atomic mass is 10.3. The van der Waals surface area contributed by atoms with Crippen molar-refractivity contribution in [3.63, 3.8) is 0 Å². The fourth-order valence-corrected chi connectivity index (χ4v) is 1.62. The summed E-state index contributed by atoms with van der Waals surface area (Å²) in [5.41, 5.74) is 1.15. The molecule has 3 heteroatoms. The summed E-state index contributed by atoms with van der Waals surface area (Å²) in [4.78, 5) is 4.02. The van der Waals surface area contributed by atoms with Crippen molar-refractivity contribution in [2.45, 2.75) is 55.0 Å². The molecule has 0 fully saturated rings. The molecular weight excluding hydrogens is 244 g/mol. The maximum absolute atomic E-state index is 6.00. The fraction of sp³-hybridized carbons (Fsp3) is 0.533. The molecule has 104 valence electrons. The van der Waals surface area contributed by atoms with Crippen LogP contribution >= 0.6 is 11.6 Å². The summed E-state index contributed by atoms with van der Waals surface area (Å²) in [7, 11) is 0. The van der Waals surface area contributed by atoms with Crippen LogP contribution in [0.25, 0.3) is 10.9 Å². The van der Waals surface area contributed by atoms with Gasteiger partial charge in [0.25, 0.3) is 0 Å². The van der Waals surface area contributed by atoms with Crippen LogP contribution in [0.1, 0.15) is 48.5 Å². The quantitative estimate of drug-likeness (QED) is 0.641. The summed E-state index contributed by atoms with van der Waals surface area (Å²) in [5.74, 6) is 0. The average molecular weight is 271 g/mol. The summed E-state index contributed by atoms with van der Waals surface area (Å²) in [6.07, 6.45) is 5.52. The third-order valence-corrected chi connectivity index (χ3v) is 2.28. The largest absolute Gasteiger partial charge is 0.346 e. The van der Waals surface area contributed by atoms with Crippen molar-refractivity contribution in [3.8, 4) is 0 Å². The van der Waals surface area contributed by atoms with Gasteiger partial charge in [0.2, 0.25) is 0 Å². The number of pyridine rings is 1. The first kappa shape index (κ1) is 19.3. The first-order valence-electron chi connectivity index (χ1n) is 6.91. The van der Waals surface area contributed by atoms with Gasteiger partial charge >= 0.3 is 0 Å². The number of aryl methyl sites for hydroxylation is 1. The number of hydrogen-bond donors (Lipinski definition) is 0. The van der Waals surface area contributed by atoms with E-state index < -0.39 is 0 Å². The normalized spacial score (nSPS) is 8.22. The Kier molecular flexibility index (Phi) is 13.4. The minimum Gasteiger partial charge on any atom is -0.346 e. The molecule has 0 bridgehead atoms. The highest BCUT2D eigenvalue weighted by Gasteiger charge is 2.03. The zero-order valence-electron chi connectivity index (χ0n) is 12.8. The molecule has 0 aliphatic carbocycles. The smallest absolute Gasteiger partial charge is 0.0677 e. The zero-order valence-corrected chi connectivity index (χ0v) is 13.5. The predicted molar refractivity (Wildman–Crippen MR) is 84.5 cm³/mol. The number of hydrogen-bond acceptors (Lipinski definition) is 1. The molecule has 0 aliphatic rings. The minimum atomic E-state index is 0.778. The van der Waals surface area contributed by atoms with Crippen LogP contribution < -0.4 is 0 Å². The average Bonchev–Trinajstić information content (AvgIpc) is 2.82. The second-order valence-electron chi connectivity index (χ2n) is 2.66. The van der Waals surface area contributed by atoms with E-state index in [0.29, 0.717) is 0 Å². The van der Waals surface area contributed by atoms with Crippen LogP contribution in [0.4, 0.5) is 0 Å². The van der Waals surface area contributed by atoms with Crippen molar-refractivity contribution >= 4 is 22.5 Å². The maximum Gasteiger partial charge on any atom is 0.0677 e.